The number of rotatable bonds is 2. The highest BCUT2D eigenvalue weighted by Gasteiger charge is 2.53. The van der Waals surface area contributed by atoms with E-state index >= 15 is 0 Å². The quantitative estimate of drug-likeness (QED) is 0.795. The van der Waals surface area contributed by atoms with Gasteiger partial charge in [0.05, 0.1) is 5.41 Å². The Bertz CT molecular complexity index is 403. The summed E-state index contributed by atoms with van der Waals surface area (Å²) in [6, 6.07) is 4.17. The van der Waals surface area contributed by atoms with Gasteiger partial charge in [0.2, 0.25) is 5.91 Å². The summed E-state index contributed by atoms with van der Waals surface area (Å²) in [6.45, 7) is 3.80. The Morgan fingerprint density at radius 2 is 2.00 bits per heavy atom. The van der Waals surface area contributed by atoms with Crippen LogP contribution in [0.5, 0.6) is 0 Å². The molecule has 2 fully saturated rings. The van der Waals surface area contributed by atoms with Crippen molar-refractivity contribution < 1.29 is 4.79 Å². The van der Waals surface area contributed by atoms with Crippen molar-refractivity contribution in [2.45, 2.75) is 18.3 Å². The van der Waals surface area contributed by atoms with Crippen LogP contribution in [0.4, 0.5) is 0 Å². The number of amides is 1. The van der Waals surface area contributed by atoms with E-state index in [1.165, 1.54) is 4.88 Å². The summed E-state index contributed by atoms with van der Waals surface area (Å²) < 4.78 is 0. The molecule has 1 saturated carbocycles. The van der Waals surface area contributed by atoms with Crippen LogP contribution in [-0.2, 0) is 10.2 Å². The summed E-state index contributed by atoms with van der Waals surface area (Å²) in [4.78, 5) is 18.2. The lowest BCUT2D eigenvalue weighted by molar-refractivity contribution is -0.135. The first-order valence-electron chi connectivity index (χ1n) is 6.24. The third kappa shape index (κ3) is 1.89. The lowest BCUT2D eigenvalue weighted by Crippen LogP contribution is -2.50. The van der Waals surface area contributed by atoms with E-state index in [-0.39, 0.29) is 5.41 Å². The van der Waals surface area contributed by atoms with Gasteiger partial charge in [-0.05, 0) is 31.3 Å². The Kier molecular flexibility index (Phi) is 2.71. The van der Waals surface area contributed by atoms with Crippen LogP contribution in [-0.4, -0.2) is 48.9 Å². The average Bonchev–Trinajstić information content (AvgIpc) is 2.97. The molecule has 1 aromatic heterocycles. The summed E-state index contributed by atoms with van der Waals surface area (Å²) in [5.74, 6) is 0.369. The molecule has 1 amide bonds. The zero-order chi connectivity index (χ0) is 11.9. The number of carbonyl (C=O) groups excluding carboxylic acids is 1. The molecule has 3 nitrogen and oxygen atoms in total. The van der Waals surface area contributed by atoms with Gasteiger partial charge in [-0.15, -0.1) is 11.3 Å². The summed E-state index contributed by atoms with van der Waals surface area (Å²) in [5, 5.41) is 2.08. The second-order valence-electron chi connectivity index (χ2n) is 5.15. The van der Waals surface area contributed by atoms with E-state index in [0.717, 1.165) is 39.0 Å². The summed E-state index contributed by atoms with van der Waals surface area (Å²) in [5.41, 5.74) is -0.135. The van der Waals surface area contributed by atoms with Gasteiger partial charge in [0, 0.05) is 31.1 Å². The Morgan fingerprint density at radius 3 is 2.53 bits per heavy atom. The minimum Gasteiger partial charge on any atom is -0.339 e. The molecule has 92 valence electrons. The van der Waals surface area contributed by atoms with Gasteiger partial charge in [-0.25, -0.2) is 0 Å². The van der Waals surface area contributed by atoms with Crippen molar-refractivity contribution in [2.24, 2.45) is 0 Å². The van der Waals surface area contributed by atoms with Gasteiger partial charge >= 0.3 is 0 Å². The molecule has 17 heavy (non-hydrogen) atoms. The van der Waals surface area contributed by atoms with E-state index in [9.17, 15) is 4.79 Å². The van der Waals surface area contributed by atoms with Gasteiger partial charge in [-0.2, -0.15) is 0 Å². The van der Waals surface area contributed by atoms with Crippen LogP contribution < -0.4 is 0 Å². The van der Waals surface area contributed by atoms with Crippen LogP contribution >= 0.6 is 11.3 Å². The lowest BCUT2D eigenvalue weighted by Gasteiger charge is -2.34. The number of hydrogen-bond acceptors (Lipinski definition) is 3. The van der Waals surface area contributed by atoms with Crippen LogP contribution in [0.25, 0.3) is 0 Å². The number of likely N-dealkylation sites (N-methyl/N-ethyl adjacent to an activating group) is 1. The first-order chi connectivity index (χ1) is 8.22. The number of nitrogens with zero attached hydrogens (tertiary/aromatic N) is 2. The van der Waals surface area contributed by atoms with Gasteiger partial charge < -0.3 is 9.80 Å². The van der Waals surface area contributed by atoms with E-state index in [4.69, 9.17) is 0 Å². The molecule has 3 rings (SSSR count). The SMILES string of the molecule is CN1CCN(C(=O)C2(c3cccs3)CC2)CC1. The molecule has 0 aromatic carbocycles. The second kappa shape index (κ2) is 4.10. The Labute approximate surface area is 106 Å². The maximum absolute atomic E-state index is 12.6. The molecule has 0 spiro atoms. The molecule has 1 aliphatic carbocycles. The highest BCUT2D eigenvalue weighted by Crippen LogP contribution is 2.51. The molecule has 1 aromatic rings. The standard InChI is InChI=1S/C13H18N2OS/c1-14-6-8-15(9-7-14)12(16)13(4-5-13)11-3-2-10-17-11/h2-3,10H,4-9H2,1H3. The zero-order valence-corrected chi connectivity index (χ0v) is 11.0. The minimum absolute atomic E-state index is 0.135. The van der Waals surface area contributed by atoms with Crippen molar-refractivity contribution in [1.82, 2.24) is 9.80 Å². The van der Waals surface area contributed by atoms with Crippen LogP contribution in [0.3, 0.4) is 0 Å². The molecule has 2 heterocycles. The molecule has 2 aliphatic rings. The van der Waals surface area contributed by atoms with E-state index < -0.39 is 0 Å². The molecule has 0 N–H and O–H groups in total. The van der Waals surface area contributed by atoms with Gasteiger partial charge in [0.15, 0.2) is 0 Å². The minimum atomic E-state index is -0.135. The van der Waals surface area contributed by atoms with Crippen molar-refractivity contribution in [3.05, 3.63) is 22.4 Å². The molecular formula is C13H18N2OS. The summed E-state index contributed by atoms with van der Waals surface area (Å²) >= 11 is 1.73. The number of carbonyl (C=O) groups is 1. The largest absolute Gasteiger partial charge is 0.339 e. The number of thiophene rings is 1. The van der Waals surface area contributed by atoms with Crippen LogP contribution in [0.15, 0.2) is 17.5 Å². The fourth-order valence-electron chi connectivity index (χ4n) is 2.55. The number of hydrogen-bond donors (Lipinski definition) is 0. The Morgan fingerprint density at radius 1 is 1.29 bits per heavy atom. The molecule has 4 heteroatoms. The molecule has 1 saturated heterocycles. The van der Waals surface area contributed by atoms with Crippen LogP contribution in [0, 0.1) is 0 Å². The van der Waals surface area contributed by atoms with Crippen molar-refractivity contribution in [3.63, 3.8) is 0 Å². The third-order valence-corrected chi connectivity index (χ3v) is 5.02. The first-order valence-corrected chi connectivity index (χ1v) is 7.12. The fourth-order valence-corrected chi connectivity index (χ4v) is 3.53. The van der Waals surface area contributed by atoms with Crippen molar-refractivity contribution in [1.29, 1.82) is 0 Å². The maximum Gasteiger partial charge on any atom is 0.234 e. The highest BCUT2D eigenvalue weighted by atomic mass is 32.1. The lowest BCUT2D eigenvalue weighted by atomic mass is 10.0. The van der Waals surface area contributed by atoms with Crippen LogP contribution in [0.2, 0.25) is 0 Å². The van der Waals surface area contributed by atoms with Gasteiger partial charge in [-0.1, -0.05) is 6.07 Å². The maximum atomic E-state index is 12.6. The normalized spacial score (nSPS) is 23.7. The summed E-state index contributed by atoms with van der Waals surface area (Å²) in [6.07, 6.45) is 2.08. The molecule has 0 bridgehead atoms. The molecule has 0 radical (unpaired) electrons. The number of piperazine rings is 1. The predicted molar refractivity (Wildman–Crippen MR) is 69.3 cm³/mol. The fraction of sp³-hybridized carbons (Fsp3) is 0.615. The van der Waals surface area contributed by atoms with Crippen molar-refractivity contribution >= 4 is 17.2 Å². The smallest absolute Gasteiger partial charge is 0.234 e. The first kappa shape index (κ1) is 11.2. The molecule has 1 aliphatic heterocycles. The van der Waals surface area contributed by atoms with E-state index in [2.05, 4.69) is 34.4 Å². The van der Waals surface area contributed by atoms with E-state index in [0.29, 0.717) is 5.91 Å². The van der Waals surface area contributed by atoms with Gasteiger partial charge in [0.25, 0.3) is 0 Å². The van der Waals surface area contributed by atoms with E-state index in [1.807, 2.05) is 0 Å². The zero-order valence-electron chi connectivity index (χ0n) is 10.2. The third-order valence-electron chi connectivity index (χ3n) is 3.94. The topological polar surface area (TPSA) is 23.6 Å². The average molecular weight is 250 g/mol. The molecular weight excluding hydrogens is 232 g/mol. The molecule has 0 atom stereocenters. The predicted octanol–water partition coefficient (Wildman–Crippen LogP) is 1.55. The Hall–Kier alpha value is -0.870. The van der Waals surface area contributed by atoms with Crippen molar-refractivity contribution in [2.75, 3.05) is 33.2 Å². The second-order valence-corrected chi connectivity index (χ2v) is 6.10. The van der Waals surface area contributed by atoms with Crippen LogP contribution in [0.1, 0.15) is 17.7 Å². The summed E-state index contributed by atoms with van der Waals surface area (Å²) in [7, 11) is 2.12. The van der Waals surface area contributed by atoms with Gasteiger partial charge in [-0.3, -0.25) is 4.79 Å². The highest BCUT2D eigenvalue weighted by molar-refractivity contribution is 7.10. The molecule has 0 unspecified atom stereocenters. The Balaban J connectivity index is 1.74. The van der Waals surface area contributed by atoms with E-state index in [1.54, 1.807) is 11.3 Å². The van der Waals surface area contributed by atoms with Crippen molar-refractivity contribution in [3.8, 4) is 0 Å². The monoisotopic (exact) mass is 250 g/mol. The van der Waals surface area contributed by atoms with Gasteiger partial charge in [0.1, 0.15) is 0 Å².